The molecule has 11 heteroatoms. The first-order chi connectivity index (χ1) is 18.9. The molecule has 0 unspecified atom stereocenters. The first-order valence-corrected chi connectivity index (χ1v) is 12.7. The molecule has 3 heterocycles. The molecule has 1 amide bonds. The summed E-state index contributed by atoms with van der Waals surface area (Å²) in [5.74, 6) is 0.385. The molecule has 4 aromatic rings. The van der Waals surface area contributed by atoms with Crippen LogP contribution in [0.5, 0.6) is 5.75 Å². The number of carbonyl (C=O) groups is 1. The lowest BCUT2D eigenvalue weighted by atomic mass is 10.0. The maximum absolute atomic E-state index is 12.0. The Morgan fingerprint density at radius 3 is 2.56 bits per heavy atom. The number of nitro benzene ring substituents is 1. The van der Waals surface area contributed by atoms with Gasteiger partial charge in [-0.2, -0.15) is 0 Å². The minimum atomic E-state index is -0.418. The van der Waals surface area contributed by atoms with Crippen LogP contribution in [-0.2, 0) is 4.79 Å². The van der Waals surface area contributed by atoms with Crippen molar-refractivity contribution in [3.8, 4) is 11.4 Å². The van der Waals surface area contributed by atoms with Gasteiger partial charge in [0, 0.05) is 54.1 Å². The van der Waals surface area contributed by atoms with E-state index in [1.54, 1.807) is 38.4 Å². The molecule has 1 aliphatic heterocycles. The molecule has 2 aromatic heterocycles. The predicted octanol–water partition coefficient (Wildman–Crippen LogP) is 5.31. The van der Waals surface area contributed by atoms with Crippen molar-refractivity contribution in [3.63, 3.8) is 0 Å². The SMILES string of the molecule is CCC(=O)Nc1ccc(N2C(=S)N[C@H](c3ccccn3)[C@H]2c2cccn2-c2ccc([N+](=O)[O-])cc2)cc1OC. The van der Waals surface area contributed by atoms with Crippen molar-refractivity contribution in [2.45, 2.75) is 25.4 Å². The number of non-ortho nitro benzene ring substituents is 1. The average molecular weight is 543 g/mol. The highest BCUT2D eigenvalue weighted by molar-refractivity contribution is 7.80. The van der Waals surface area contributed by atoms with Crippen molar-refractivity contribution in [1.82, 2.24) is 14.9 Å². The molecule has 0 radical (unpaired) electrons. The predicted molar refractivity (Wildman–Crippen MR) is 152 cm³/mol. The maximum atomic E-state index is 12.0. The molecule has 1 fully saturated rings. The number of pyridine rings is 1. The van der Waals surface area contributed by atoms with E-state index in [1.165, 1.54) is 12.1 Å². The fraction of sp³-hybridized carbons (Fsp3) is 0.179. The Morgan fingerprint density at radius 2 is 1.90 bits per heavy atom. The van der Waals surface area contributed by atoms with Gasteiger partial charge in [-0.05, 0) is 60.7 Å². The molecule has 10 nitrogen and oxygen atoms in total. The number of methoxy groups -OCH3 is 1. The lowest BCUT2D eigenvalue weighted by Gasteiger charge is -2.29. The van der Waals surface area contributed by atoms with E-state index in [-0.39, 0.29) is 23.7 Å². The summed E-state index contributed by atoms with van der Waals surface area (Å²) in [6.07, 6.45) is 4.00. The summed E-state index contributed by atoms with van der Waals surface area (Å²) in [6, 6.07) is 21.0. The molecule has 2 N–H and O–H groups in total. The second kappa shape index (κ2) is 10.9. The third-order valence-electron chi connectivity index (χ3n) is 6.58. The van der Waals surface area contributed by atoms with E-state index in [4.69, 9.17) is 17.0 Å². The Morgan fingerprint density at radius 1 is 1.13 bits per heavy atom. The number of amides is 1. The van der Waals surface area contributed by atoms with Crippen LogP contribution in [0.2, 0.25) is 0 Å². The van der Waals surface area contributed by atoms with Gasteiger partial charge in [0.15, 0.2) is 5.11 Å². The number of anilines is 2. The first kappa shape index (κ1) is 25.9. The molecule has 0 bridgehead atoms. The van der Waals surface area contributed by atoms with Crippen LogP contribution in [0, 0.1) is 10.1 Å². The molecule has 5 rings (SSSR count). The Kier molecular flexibility index (Phi) is 7.24. The topological polar surface area (TPSA) is 115 Å². The minimum absolute atomic E-state index is 0.0199. The highest BCUT2D eigenvalue weighted by Crippen LogP contribution is 2.44. The number of carbonyl (C=O) groups excluding carboxylic acids is 1. The van der Waals surface area contributed by atoms with E-state index in [0.717, 1.165) is 22.8 Å². The number of benzene rings is 2. The number of nitrogens with zero attached hydrogens (tertiary/aromatic N) is 4. The normalized spacial score (nSPS) is 16.6. The number of aromatic nitrogens is 2. The third-order valence-corrected chi connectivity index (χ3v) is 6.89. The summed E-state index contributed by atoms with van der Waals surface area (Å²) < 4.78 is 7.60. The fourth-order valence-corrected chi connectivity index (χ4v) is 5.06. The smallest absolute Gasteiger partial charge is 0.269 e. The molecule has 1 saturated heterocycles. The summed E-state index contributed by atoms with van der Waals surface area (Å²) in [7, 11) is 1.55. The van der Waals surface area contributed by atoms with Crippen molar-refractivity contribution in [2.24, 2.45) is 0 Å². The summed E-state index contributed by atoms with van der Waals surface area (Å²) in [5, 5.41) is 18.0. The van der Waals surface area contributed by atoms with Gasteiger partial charge in [-0.3, -0.25) is 19.9 Å². The largest absolute Gasteiger partial charge is 0.494 e. The van der Waals surface area contributed by atoms with Gasteiger partial charge in [0.05, 0.1) is 29.5 Å². The molecule has 0 saturated carbocycles. The second-order valence-corrected chi connectivity index (χ2v) is 9.25. The monoisotopic (exact) mass is 542 g/mol. The first-order valence-electron chi connectivity index (χ1n) is 12.3. The van der Waals surface area contributed by atoms with Crippen molar-refractivity contribution in [2.75, 3.05) is 17.3 Å². The number of rotatable bonds is 8. The Hall–Kier alpha value is -4.77. The van der Waals surface area contributed by atoms with Crippen LogP contribution in [0.25, 0.3) is 5.69 Å². The van der Waals surface area contributed by atoms with E-state index < -0.39 is 4.92 Å². The van der Waals surface area contributed by atoms with Crippen molar-refractivity contribution < 1.29 is 14.5 Å². The van der Waals surface area contributed by atoms with Gasteiger partial charge in [0.1, 0.15) is 11.8 Å². The zero-order valence-corrected chi connectivity index (χ0v) is 22.1. The van der Waals surface area contributed by atoms with E-state index >= 15 is 0 Å². The molecule has 2 aromatic carbocycles. The van der Waals surface area contributed by atoms with E-state index in [0.29, 0.717) is 23.0 Å². The maximum Gasteiger partial charge on any atom is 0.269 e. The van der Waals surface area contributed by atoms with Gasteiger partial charge < -0.3 is 24.8 Å². The van der Waals surface area contributed by atoms with Gasteiger partial charge in [0.25, 0.3) is 5.69 Å². The molecule has 2 atom stereocenters. The molecular weight excluding hydrogens is 516 g/mol. The number of hydrogen-bond acceptors (Lipinski definition) is 6. The number of hydrogen-bond donors (Lipinski definition) is 2. The van der Waals surface area contributed by atoms with Crippen LogP contribution >= 0.6 is 12.2 Å². The number of ether oxygens (including phenoxy) is 1. The van der Waals surface area contributed by atoms with Crippen LogP contribution in [0.4, 0.5) is 17.1 Å². The third kappa shape index (κ3) is 5.04. The van der Waals surface area contributed by atoms with Gasteiger partial charge in [-0.15, -0.1) is 0 Å². The molecule has 0 spiro atoms. The van der Waals surface area contributed by atoms with Gasteiger partial charge in [-0.25, -0.2) is 0 Å². The fourth-order valence-electron chi connectivity index (χ4n) is 4.71. The zero-order valence-electron chi connectivity index (χ0n) is 21.3. The summed E-state index contributed by atoms with van der Waals surface area (Å²) in [4.78, 5) is 29.4. The summed E-state index contributed by atoms with van der Waals surface area (Å²) in [5.41, 5.74) is 3.83. The molecule has 198 valence electrons. The van der Waals surface area contributed by atoms with Crippen LogP contribution in [0.15, 0.2) is 85.2 Å². The van der Waals surface area contributed by atoms with Crippen LogP contribution in [-0.4, -0.2) is 32.6 Å². The Labute approximate surface area is 230 Å². The standard InChI is InChI=1S/C28H26N6O4S/c1-3-25(35)30-21-14-13-20(17-24(21)38-2)33-27(26(31-28(33)39)22-7-4-5-15-29-22)23-8-6-16-32(23)18-9-11-19(12-10-18)34(36)37/h4-17,26-27H,3H2,1-2H3,(H,30,35)(H,31,39)/t26-,27-/m1/s1. The van der Waals surface area contributed by atoms with Crippen LogP contribution < -0.4 is 20.3 Å². The summed E-state index contributed by atoms with van der Waals surface area (Å²) in [6.45, 7) is 1.78. The van der Waals surface area contributed by atoms with Gasteiger partial charge in [0.2, 0.25) is 5.91 Å². The number of nitro groups is 1. The van der Waals surface area contributed by atoms with Crippen molar-refractivity contribution >= 4 is 40.3 Å². The quantitative estimate of drug-likeness (QED) is 0.175. The number of thiocarbonyl (C=S) groups is 1. The Balaban J connectivity index is 1.61. The van der Waals surface area contributed by atoms with Crippen LogP contribution in [0.3, 0.4) is 0 Å². The molecule has 0 aliphatic carbocycles. The average Bonchev–Trinajstić information content (AvgIpc) is 3.58. The highest BCUT2D eigenvalue weighted by Gasteiger charge is 2.42. The van der Waals surface area contributed by atoms with Crippen LogP contribution in [0.1, 0.15) is 36.8 Å². The van der Waals surface area contributed by atoms with Gasteiger partial charge in [-0.1, -0.05) is 13.0 Å². The van der Waals surface area contributed by atoms with Crippen molar-refractivity contribution in [1.29, 1.82) is 0 Å². The zero-order chi connectivity index (χ0) is 27.5. The second-order valence-electron chi connectivity index (χ2n) is 8.86. The molecule has 39 heavy (non-hydrogen) atoms. The lowest BCUT2D eigenvalue weighted by molar-refractivity contribution is -0.384. The summed E-state index contributed by atoms with van der Waals surface area (Å²) >= 11 is 5.85. The lowest BCUT2D eigenvalue weighted by Crippen LogP contribution is -2.30. The van der Waals surface area contributed by atoms with E-state index in [1.807, 2.05) is 58.1 Å². The van der Waals surface area contributed by atoms with E-state index in [2.05, 4.69) is 15.6 Å². The van der Waals surface area contributed by atoms with Crippen molar-refractivity contribution in [3.05, 3.63) is 107 Å². The molecule has 1 aliphatic rings. The number of nitrogens with one attached hydrogen (secondary N) is 2. The van der Waals surface area contributed by atoms with Gasteiger partial charge >= 0.3 is 0 Å². The van der Waals surface area contributed by atoms with E-state index in [9.17, 15) is 14.9 Å². The Bertz CT molecular complexity index is 1520. The minimum Gasteiger partial charge on any atom is -0.494 e. The highest BCUT2D eigenvalue weighted by atomic mass is 32.1. The molecular formula is C28H26N6O4S.